The second-order valence-electron chi connectivity index (χ2n) is 8.96. The van der Waals surface area contributed by atoms with Crippen molar-refractivity contribution in [1.29, 1.82) is 0 Å². The van der Waals surface area contributed by atoms with E-state index in [1.54, 1.807) is 0 Å². The van der Waals surface area contributed by atoms with Gasteiger partial charge in [-0.15, -0.1) is 0 Å². The van der Waals surface area contributed by atoms with Gasteiger partial charge in [-0.3, -0.25) is 4.98 Å². The number of nitrogens with zero attached hydrogens (tertiary/aromatic N) is 5. The van der Waals surface area contributed by atoms with Crippen LogP contribution in [0.3, 0.4) is 0 Å². The van der Waals surface area contributed by atoms with Crippen molar-refractivity contribution in [2.45, 2.75) is 32.6 Å². The predicted molar refractivity (Wildman–Crippen MR) is 119 cm³/mol. The van der Waals surface area contributed by atoms with Gasteiger partial charge < -0.3 is 9.80 Å². The highest BCUT2D eigenvalue weighted by atomic mass is 15.3. The summed E-state index contributed by atoms with van der Waals surface area (Å²) < 4.78 is 0. The number of aromatic nitrogens is 3. The fourth-order valence-electron chi connectivity index (χ4n) is 4.83. The smallest absolute Gasteiger partial charge is 0.150 e. The lowest BCUT2D eigenvalue weighted by Crippen LogP contribution is -2.46. The minimum atomic E-state index is 0.427. The first-order valence-electron chi connectivity index (χ1n) is 10.8. The average molecular weight is 388 g/mol. The van der Waals surface area contributed by atoms with Crippen LogP contribution in [0.4, 0.5) is 11.6 Å². The lowest BCUT2D eigenvalue weighted by molar-refractivity contribution is 0.441. The molecule has 29 heavy (non-hydrogen) atoms. The van der Waals surface area contributed by atoms with Gasteiger partial charge in [-0.25, -0.2) is 9.97 Å². The van der Waals surface area contributed by atoms with Crippen LogP contribution >= 0.6 is 0 Å². The Labute approximate surface area is 172 Å². The van der Waals surface area contributed by atoms with Crippen molar-refractivity contribution in [2.24, 2.45) is 11.8 Å². The third-order valence-corrected chi connectivity index (χ3v) is 6.27. The van der Waals surface area contributed by atoms with Gasteiger partial charge >= 0.3 is 0 Å². The van der Waals surface area contributed by atoms with Crippen LogP contribution in [-0.4, -0.2) is 41.1 Å². The molecule has 0 saturated carbocycles. The zero-order valence-electron chi connectivity index (χ0n) is 17.3. The molecule has 0 aliphatic carbocycles. The molecule has 2 aliphatic heterocycles. The fraction of sp³-hybridized carbons (Fsp3) is 0.458. The normalized spacial score (nSPS) is 19.9. The molecule has 2 fully saturated rings. The van der Waals surface area contributed by atoms with Crippen molar-refractivity contribution < 1.29 is 0 Å². The first-order chi connectivity index (χ1) is 14.2. The van der Waals surface area contributed by atoms with Gasteiger partial charge in [0.05, 0.1) is 11.2 Å². The van der Waals surface area contributed by atoms with E-state index >= 15 is 0 Å². The van der Waals surface area contributed by atoms with Gasteiger partial charge in [-0.2, -0.15) is 0 Å². The van der Waals surface area contributed by atoms with Crippen molar-refractivity contribution in [3.8, 4) is 0 Å². The third kappa shape index (κ3) is 3.66. The van der Waals surface area contributed by atoms with E-state index in [4.69, 9.17) is 15.0 Å². The van der Waals surface area contributed by atoms with Crippen molar-refractivity contribution >= 4 is 22.5 Å². The van der Waals surface area contributed by atoms with Gasteiger partial charge in [0.2, 0.25) is 0 Å². The van der Waals surface area contributed by atoms with Crippen LogP contribution in [0, 0.1) is 11.8 Å². The van der Waals surface area contributed by atoms with E-state index in [1.165, 1.54) is 18.2 Å². The van der Waals surface area contributed by atoms with E-state index in [0.717, 1.165) is 60.9 Å². The highest BCUT2D eigenvalue weighted by Crippen LogP contribution is 2.36. The minimum Gasteiger partial charge on any atom is -0.355 e. The van der Waals surface area contributed by atoms with Gasteiger partial charge in [-0.05, 0) is 42.9 Å². The summed E-state index contributed by atoms with van der Waals surface area (Å²) in [6, 6.07) is 12.6. The van der Waals surface area contributed by atoms with Crippen molar-refractivity contribution in [3.05, 3.63) is 54.5 Å². The maximum atomic E-state index is 4.84. The van der Waals surface area contributed by atoms with Gasteiger partial charge in [0.1, 0.15) is 5.82 Å². The molecule has 0 unspecified atom stereocenters. The Kier molecular flexibility index (Phi) is 4.82. The van der Waals surface area contributed by atoms with Gasteiger partial charge in [0.25, 0.3) is 0 Å². The highest BCUT2D eigenvalue weighted by molar-refractivity contribution is 5.80. The number of hydrogen-bond donors (Lipinski definition) is 0. The quantitative estimate of drug-likeness (QED) is 0.645. The molecule has 150 valence electrons. The topological polar surface area (TPSA) is 45.2 Å². The molecule has 0 radical (unpaired) electrons. The Morgan fingerprint density at radius 3 is 2.66 bits per heavy atom. The number of para-hydroxylation sites is 1. The molecule has 0 bridgehead atoms. The van der Waals surface area contributed by atoms with Crippen molar-refractivity contribution in [1.82, 2.24) is 15.0 Å². The lowest BCUT2D eigenvalue weighted by atomic mass is 9.95. The largest absolute Gasteiger partial charge is 0.355 e. The zero-order chi connectivity index (χ0) is 19.8. The van der Waals surface area contributed by atoms with Crippen LogP contribution < -0.4 is 9.80 Å². The molecule has 0 amide bonds. The van der Waals surface area contributed by atoms with Crippen LogP contribution in [-0.2, 0) is 0 Å². The van der Waals surface area contributed by atoms with Gasteiger partial charge in [0, 0.05) is 49.9 Å². The second kappa shape index (κ2) is 7.62. The standard InChI is InChI=1S/C24H29N5/c1-17(2)13-18-9-12-28(14-18)24-23(25-10-11-26-24)20-15-29(16-20)22-8-7-19-5-3-4-6-21(19)27-22/h3-8,10-11,17-18,20H,9,12-16H2,1-2H3/t18-/m0/s1. The lowest BCUT2D eigenvalue weighted by Gasteiger charge is -2.40. The fourth-order valence-corrected chi connectivity index (χ4v) is 4.83. The van der Waals surface area contributed by atoms with Crippen LogP contribution in [0.15, 0.2) is 48.8 Å². The van der Waals surface area contributed by atoms with Crippen LogP contribution in [0.1, 0.15) is 38.3 Å². The molecule has 4 heterocycles. The maximum absolute atomic E-state index is 4.84. The summed E-state index contributed by atoms with van der Waals surface area (Å²) in [7, 11) is 0. The SMILES string of the molecule is CC(C)C[C@@H]1CCN(c2nccnc2C2CN(c3ccc4ccccc4n3)C2)C1. The van der Waals surface area contributed by atoms with Crippen LogP contribution in [0.5, 0.6) is 0 Å². The van der Waals surface area contributed by atoms with Crippen LogP contribution in [0.25, 0.3) is 10.9 Å². The summed E-state index contributed by atoms with van der Waals surface area (Å²) in [5.74, 6) is 4.13. The van der Waals surface area contributed by atoms with E-state index < -0.39 is 0 Å². The van der Waals surface area contributed by atoms with Gasteiger partial charge in [-0.1, -0.05) is 32.0 Å². The van der Waals surface area contributed by atoms with Crippen molar-refractivity contribution in [3.63, 3.8) is 0 Å². The molecule has 0 spiro atoms. The molecule has 3 aromatic rings. The maximum Gasteiger partial charge on any atom is 0.150 e. The van der Waals surface area contributed by atoms with E-state index in [-0.39, 0.29) is 0 Å². The number of fused-ring (bicyclic) bond motifs is 1. The molecule has 1 atom stereocenters. The van der Waals surface area contributed by atoms with E-state index in [2.05, 4.69) is 54.0 Å². The van der Waals surface area contributed by atoms with Crippen molar-refractivity contribution in [2.75, 3.05) is 36.0 Å². The Hall–Kier alpha value is -2.69. The molecular weight excluding hydrogens is 358 g/mol. The monoisotopic (exact) mass is 387 g/mol. The predicted octanol–water partition coefficient (Wildman–Crippen LogP) is 4.50. The van der Waals surface area contributed by atoms with E-state index in [9.17, 15) is 0 Å². The van der Waals surface area contributed by atoms with E-state index in [0.29, 0.717) is 5.92 Å². The molecule has 0 N–H and O–H groups in total. The number of rotatable bonds is 5. The molecular formula is C24H29N5. The third-order valence-electron chi connectivity index (χ3n) is 6.27. The number of hydrogen-bond acceptors (Lipinski definition) is 5. The number of anilines is 2. The number of pyridine rings is 1. The summed E-state index contributed by atoms with van der Waals surface area (Å²) in [6.45, 7) is 8.78. The Morgan fingerprint density at radius 2 is 1.79 bits per heavy atom. The first kappa shape index (κ1) is 18.3. The molecule has 2 aliphatic rings. The molecule has 2 saturated heterocycles. The summed E-state index contributed by atoms with van der Waals surface area (Å²) in [5.41, 5.74) is 2.22. The summed E-state index contributed by atoms with van der Waals surface area (Å²) in [4.78, 5) is 19.2. The first-order valence-corrected chi connectivity index (χ1v) is 10.8. The van der Waals surface area contributed by atoms with E-state index in [1.807, 2.05) is 18.5 Å². The summed E-state index contributed by atoms with van der Waals surface area (Å²) >= 11 is 0. The molecule has 2 aromatic heterocycles. The average Bonchev–Trinajstić information content (AvgIpc) is 3.15. The molecule has 5 rings (SSSR count). The second-order valence-corrected chi connectivity index (χ2v) is 8.96. The minimum absolute atomic E-state index is 0.427. The zero-order valence-corrected chi connectivity index (χ0v) is 17.3. The number of benzene rings is 1. The molecule has 5 heteroatoms. The van der Waals surface area contributed by atoms with Gasteiger partial charge in [0.15, 0.2) is 5.82 Å². The Balaban J connectivity index is 1.29. The summed E-state index contributed by atoms with van der Waals surface area (Å²) in [6.07, 6.45) is 6.26. The summed E-state index contributed by atoms with van der Waals surface area (Å²) in [5, 5.41) is 1.19. The Morgan fingerprint density at radius 1 is 0.966 bits per heavy atom. The highest BCUT2D eigenvalue weighted by Gasteiger charge is 2.35. The molecule has 1 aromatic carbocycles. The van der Waals surface area contributed by atoms with Crippen LogP contribution in [0.2, 0.25) is 0 Å². The Bertz CT molecular complexity index is 995. The molecule has 5 nitrogen and oxygen atoms in total.